The van der Waals surface area contributed by atoms with Crippen LogP contribution in [0.3, 0.4) is 0 Å². The number of hydrogen-bond acceptors (Lipinski definition) is 3. The molecule has 0 aliphatic rings. The van der Waals surface area contributed by atoms with E-state index < -0.39 is 0 Å². The van der Waals surface area contributed by atoms with E-state index in [4.69, 9.17) is 0 Å². The number of aromatic nitrogens is 4. The van der Waals surface area contributed by atoms with Gasteiger partial charge >= 0.3 is 0 Å². The molecule has 0 saturated heterocycles. The molecular weight excluding hydrogens is 364 g/mol. The number of unbranched alkanes of at least 4 members (excludes halogenated alkanes) is 9. The smallest absolute Gasteiger partial charge is 0.164 e. The molecule has 0 fully saturated rings. The number of halogens is 1. The highest BCUT2D eigenvalue weighted by atomic mass is 79.9. The average Bonchev–Trinajstić information content (AvgIpc) is 3.06. The fraction of sp³-hybridized carbons (Fsp3) is 0.632. The lowest BCUT2D eigenvalue weighted by Crippen LogP contribution is -2.02. The highest BCUT2D eigenvalue weighted by Crippen LogP contribution is 2.17. The van der Waals surface area contributed by atoms with Crippen LogP contribution >= 0.6 is 15.9 Å². The third-order valence-electron chi connectivity index (χ3n) is 4.27. The maximum absolute atomic E-state index is 4.47. The van der Waals surface area contributed by atoms with E-state index in [0.717, 1.165) is 23.0 Å². The summed E-state index contributed by atoms with van der Waals surface area (Å²) < 4.78 is 1.06. The van der Waals surface area contributed by atoms with Gasteiger partial charge in [0.15, 0.2) is 0 Å². The van der Waals surface area contributed by atoms with Crippen molar-refractivity contribution in [3.8, 4) is 11.4 Å². The van der Waals surface area contributed by atoms with E-state index >= 15 is 0 Å². The van der Waals surface area contributed by atoms with Gasteiger partial charge in [0.2, 0.25) is 5.82 Å². The zero-order chi connectivity index (χ0) is 17.0. The molecule has 132 valence electrons. The van der Waals surface area contributed by atoms with Crippen molar-refractivity contribution < 1.29 is 0 Å². The molecule has 0 spiro atoms. The van der Waals surface area contributed by atoms with Crippen molar-refractivity contribution in [2.45, 2.75) is 77.7 Å². The van der Waals surface area contributed by atoms with E-state index in [9.17, 15) is 0 Å². The first-order valence-corrected chi connectivity index (χ1v) is 10.1. The first kappa shape index (κ1) is 19.1. The van der Waals surface area contributed by atoms with Crippen molar-refractivity contribution in [3.63, 3.8) is 0 Å². The van der Waals surface area contributed by atoms with Gasteiger partial charge in [0.05, 0.1) is 6.54 Å². The Morgan fingerprint density at radius 1 is 0.833 bits per heavy atom. The fourth-order valence-corrected chi connectivity index (χ4v) is 3.06. The molecule has 0 saturated carbocycles. The van der Waals surface area contributed by atoms with Crippen molar-refractivity contribution >= 4 is 15.9 Å². The molecule has 0 aliphatic heterocycles. The molecule has 2 aromatic rings. The van der Waals surface area contributed by atoms with Crippen LogP contribution in [0, 0.1) is 0 Å². The van der Waals surface area contributed by atoms with Gasteiger partial charge in [-0.15, -0.1) is 10.2 Å². The minimum absolute atomic E-state index is 0.703. The predicted molar refractivity (Wildman–Crippen MR) is 103 cm³/mol. The molecule has 24 heavy (non-hydrogen) atoms. The summed E-state index contributed by atoms with van der Waals surface area (Å²) in [6.07, 6.45) is 13.4. The summed E-state index contributed by atoms with van der Waals surface area (Å²) >= 11 is 3.44. The summed E-state index contributed by atoms with van der Waals surface area (Å²) in [5, 5.41) is 12.8. The standard InChI is InChI=1S/C19H29BrN4/c1-2-3-4-5-6-7-8-9-10-11-16-24-22-19(21-23-24)17-12-14-18(20)15-13-17/h12-15H,2-11,16H2,1H3. The molecule has 0 amide bonds. The Bertz CT molecular complexity index is 565. The van der Waals surface area contributed by atoms with Gasteiger partial charge in [0.1, 0.15) is 0 Å². The number of tetrazole rings is 1. The Morgan fingerprint density at radius 2 is 1.42 bits per heavy atom. The van der Waals surface area contributed by atoms with Gasteiger partial charge in [-0.1, -0.05) is 80.6 Å². The molecule has 5 heteroatoms. The van der Waals surface area contributed by atoms with Crippen molar-refractivity contribution in [1.29, 1.82) is 0 Å². The van der Waals surface area contributed by atoms with Crippen LogP contribution in [0.4, 0.5) is 0 Å². The number of hydrogen-bond donors (Lipinski definition) is 0. The summed E-state index contributed by atoms with van der Waals surface area (Å²) in [6, 6.07) is 8.01. The topological polar surface area (TPSA) is 43.6 Å². The quantitative estimate of drug-likeness (QED) is 0.414. The average molecular weight is 393 g/mol. The van der Waals surface area contributed by atoms with E-state index in [1.165, 1.54) is 57.8 Å². The minimum atomic E-state index is 0.703. The van der Waals surface area contributed by atoms with Gasteiger partial charge in [0, 0.05) is 10.0 Å². The monoisotopic (exact) mass is 392 g/mol. The van der Waals surface area contributed by atoms with Gasteiger partial charge in [0.25, 0.3) is 0 Å². The third kappa shape index (κ3) is 7.12. The zero-order valence-corrected chi connectivity index (χ0v) is 16.3. The Balaban J connectivity index is 1.56. The van der Waals surface area contributed by atoms with Gasteiger partial charge in [-0.2, -0.15) is 4.80 Å². The largest absolute Gasteiger partial charge is 0.204 e. The van der Waals surface area contributed by atoms with Gasteiger partial charge in [-0.25, -0.2) is 0 Å². The Morgan fingerprint density at radius 3 is 2.04 bits per heavy atom. The SMILES string of the molecule is CCCCCCCCCCCCn1nnc(-c2ccc(Br)cc2)n1. The molecule has 0 N–H and O–H groups in total. The van der Waals surface area contributed by atoms with Crippen LogP contribution in [0.2, 0.25) is 0 Å². The highest BCUT2D eigenvalue weighted by Gasteiger charge is 2.05. The molecule has 1 heterocycles. The number of aryl methyl sites for hydroxylation is 1. The van der Waals surface area contributed by atoms with Gasteiger partial charge < -0.3 is 0 Å². The molecule has 0 radical (unpaired) electrons. The van der Waals surface area contributed by atoms with Crippen molar-refractivity contribution in [3.05, 3.63) is 28.7 Å². The Hall–Kier alpha value is -1.23. The summed E-state index contributed by atoms with van der Waals surface area (Å²) in [5.74, 6) is 0.703. The Labute approximate surface area is 154 Å². The first-order chi connectivity index (χ1) is 11.8. The van der Waals surface area contributed by atoms with Crippen molar-refractivity contribution in [1.82, 2.24) is 20.2 Å². The van der Waals surface area contributed by atoms with Gasteiger partial charge in [-0.05, 0) is 35.9 Å². The minimum Gasteiger partial charge on any atom is -0.164 e. The van der Waals surface area contributed by atoms with E-state index in [0.29, 0.717) is 5.82 Å². The van der Waals surface area contributed by atoms with Crippen molar-refractivity contribution in [2.24, 2.45) is 0 Å². The zero-order valence-electron chi connectivity index (χ0n) is 14.8. The highest BCUT2D eigenvalue weighted by molar-refractivity contribution is 9.10. The van der Waals surface area contributed by atoms with Crippen LogP contribution in [0.25, 0.3) is 11.4 Å². The summed E-state index contributed by atoms with van der Waals surface area (Å²) in [7, 11) is 0. The first-order valence-electron chi connectivity index (χ1n) is 9.33. The third-order valence-corrected chi connectivity index (χ3v) is 4.80. The maximum Gasteiger partial charge on any atom is 0.204 e. The number of benzene rings is 1. The molecule has 2 rings (SSSR count). The second-order valence-electron chi connectivity index (χ2n) is 6.40. The van der Waals surface area contributed by atoms with Crippen LogP contribution < -0.4 is 0 Å². The second-order valence-corrected chi connectivity index (χ2v) is 7.31. The van der Waals surface area contributed by atoms with E-state index in [1.54, 1.807) is 4.80 Å². The van der Waals surface area contributed by atoms with E-state index in [1.807, 2.05) is 24.3 Å². The van der Waals surface area contributed by atoms with Crippen LogP contribution in [-0.4, -0.2) is 20.2 Å². The molecule has 0 unspecified atom stereocenters. The van der Waals surface area contributed by atoms with Gasteiger partial charge in [-0.3, -0.25) is 0 Å². The van der Waals surface area contributed by atoms with Crippen LogP contribution in [0.1, 0.15) is 71.1 Å². The van der Waals surface area contributed by atoms with E-state index in [2.05, 4.69) is 38.3 Å². The number of nitrogens with zero attached hydrogens (tertiary/aromatic N) is 4. The Kier molecular flexibility index (Phi) is 9.03. The number of rotatable bonds is 12. The maximum atomic E-state index is 4.47. The van der Waals surface area contributed by atoms with Crippen LogP contribution in [0.5, 0.6) is 0 Å². The molecule has 1 aromatic heterocycles. The predicted octanol–water partition coefficient (Wildman–Crippen LogP) is 6.02. The second kappa shape index (κ2) is 11.3. The summed E-state index contributed by atoms with van der Waals surface area (Å²) in [6.45, 7) is 3.13. The molecule has 0 bridgehead atoms. The fourth-order valence-electron chi connectivity index (χ4n) is 2.79. The lowest BCUT2D eigenvalue weighted by molar-refractivity contribution is 0.471. The lowest BCUT2D eigenvalue weighted by Gasteiger charge is -2.02. The summed E-state index contributed by atoms with van der Waals surface area (Å²) in [5.41, 5.74) is 1.01. The lowest BCUT2D eigenvalue weighted by atomic mass is 10.1. The summed E-state index contributed by atoms with van der Waals surface area (Å²) in [4.78, 5) is 1.72. The molecule has 0 aliphatic carbocycles. The van der Waals surface area contributed by atoms with E-state index in [-0.39, 0.29) is 0 Å². The molecule has 0 atom stereocenters. The molecule has 4 nitrogen and oxygen atoms in total. The normalized spacial score (nSPS) is 11.1. The van der Waals surface area contributed by atoms with Crippen molar-refractivity contribution in [2.75, 3.05) is 0 Å². The molecular formula is C19H29BrN4. The molecule has 1 aromatic carbocycles. The van der Waals surface area contributed by atoms with Crippen LogP contribution in [-0.2, 0) is 6.54 Å². The van der Waals surface area contributed by atoms with Crippen LogP contribution in [0.15, 0.2) is 28.7 Å².